The average Bonchev–Trinajstić information content (AvgIpc) is 3.14. The van der Waals surface area contributed by atoms with Crippen LogP contribution in [0.4, 0.5) is 4.79 Å². The largest absolute Gasteiger partial charge is 0.444 e. The van der Waals surface area contributed by atoms with Gasteiger partial charge in [-0.05, 0) is 51.5 Å². The number of carbonyl (C=O) groups is 1. The van der Waals surface area contributed by atoms with Crippen molar-refractivity contribution in [3.05, 3.63) is 66.6 Å². The predicted molar refractivity (Wildman–Crippen MR) is 140 cm³/mol. The number of benzene rings is 2. The average molecular weight is 600 g/mol. The maximum Gasteiger partial charge on any atom is 0.410 e. The number of ether oxygens (including phenoxy) is 1. The first-order valence-electron chi connectivity index (χ1n) is 10.9. The fourth-order valence-corrected chi connectivity index (χ4v) is 5.51. The summed E-state index contributed by atoms with van der Waals surface area (Å²) in [6.45, 7) is 7.87. The van der Waals surface area contributed by atoms with E-state index in [1.807, 2.05) is 45.9 Å². The molecule has 2 heterocycles. The van der Waals surface area contributed by atoms with Crippen LogP contribution < -0.4 is 0 Å². The third-order valence-electron chi connectivity index (χ3n) is 6.06. The Balaban J connectivity index is 1.51. The summed E-state index contributed by atoms with van der Waals surface area (Å²) in [5, 5.41) is 15.3. The SMILES string of the molecule is CC(C)(C)OC(=O)N1CC(C#N)(c2ccc(C3=NOC(C)(c4cc(Cl)c(Cl)c(Cl)c4)C3)cc2Br)C1. The maximum absolute atomic E-state index is 12.4. The van der Waals surface area contributed by atoms with Gasteiger partial charge in [-0.2, -0.15) is 5.26 Å². The highest BCUT2D eigenvalue weighted by molar-refractivity contribution is 9.10. The number of carbonyl (C=O) groups excluding carboxylic acids is 1. The molecule has 4 rings (SSSR count). The van der Waals surface area contributed by atoms with Gasteiger partial charge >= 0.3 is 6.09 Å². The zero-order valence-corrected chi connectivity index (χ0v) is 23.4. The van der Waals surface area contributed by atoms with Gasteiger partial charge in [-0.1, -0.05) is 68.0 Å². The van der Waals surface area contributed by atoms with E-state index in [4.69, 9.17) is 44.4 Å². The Hall–Kier alpha value is -1.98. The Kier molecular flexibility index (Phi) is 6.82. The van der Waals surface area contributed by atoms with Gasteiger partial charge in [0, 0.05) is 35.1 Å². The molecule has 2 aliphatic heterocycles. The van der Waals surface area contributed by atoms with Crippen LogP contribution in [-0.2, 0) is 20.6 Å². The minimum Gasteiger partial charge on any atom is -0.444 e. The first kappa shape index (κ1) is 26.1. The van der Waals surface area contributed by atoms with E-state index in [9.17, 15) is 10.1 Å². The molecule has 0 spiro atoms. The number of oxime groups is 1. The van der Waals surface area contributed by atoms with Crippen molar-refractivity contribution in [1.82, 2.24) is 4.90 Å². The summed E-state index contributed by atoms with van der Waals surface area (Å²) in [6.07, 6.45) is 0.0679. The molecule has 0 saturated carbocycles. The molecule has 2 aliphatic rings. The van der Waals surface area contributed by atoms with Gasteiger partial charge < -0.3 is 14.5 Å². The van der Waals surface area contributed by atoms with E-state index in [2.05, 4.69) is 27.2 Å². The lowest BCUT2D eigenvalue weighted by Gasteiger charge is -2.46. The Labute approximate surface area is 227 Å². The fourth-order valence-electron chi connectivity index (χ4n) is 4.16. The molecular formula is C25H23BrCl3N3O3. The maximum atomic E-state index is 12.4. The molecule has 1 saturated heterocycles. The molecule has 10 heteroatoms. The van der Waals surface area contributed by atoms with Crippen LogP contribution in [0.1, 0.15) is 50.8 Å². The summed E-state index contributed by atoms with van der Waals surface area (Å²) < 4.78 is 6.18. The van der Waals surface area contributed by atoms with Crippen molar-refractivity contribution in [3.63, 3.8) is 0 Å². The van der Waals surface area contributed by atoms with Gasteiger partial charge in [-0.25, -0.2) is 4.79 Å². The highest BCUT2D eigenvalue weighted by Gasteiger charge is 2.49. The first-order chi connectivity index (χ1) is 16.3. The molecule has 0 aliphatic carbocycles. The zero-order chi connectivity index (χ0) is 25.8. The van der Waals surface area contributed by atoms with Crippen LogP contribution in [0.25, 0.3) is 0 Å². The Bertz CT molecular complexity index is 1260. The molecule has 0 radical (unpaired) electrons. The molecule has 184 valence electrons. The van der Waals surface area contributed by atoms with E-state index in [0.29, 0.717) is 21.5 Å². The second-order valence-electron chi connectivity index (χ2n) is 10.0. The second kappa shape index (κ2) is 9.15. The lowest BCUT2D eigenvalue weighted by atomic mass is 9.75. The summed E-state index contributed by atoms with van der Waals surface area (Å²) >= 11 is 22.1. The summed E-state index contributed by atoms with van der Waals surface area (Å²) in [5.74, 6) is 0. The van der Waals surface area contributed by atoms with Crippen molar-refractivity contribution >= 4 is 62.5 Å². The topological polar surface area (TPSA) is 74.9 Å². The van der Waals surface area contributed by atoms with Crippen LogP contribution in [0.3, 0.4) is 0 Å². The number of nitrogens with zero attached hydrogens (tertiary/aromatic N) is 3. The number of halogens is 4. The second-order valence-corrected chi connectivity index (χ2v) is 12.1. The van der Waals surface area contributed by atoms with E-state index in [1.54, 1.807) is 12.1 Å². The van der Waals surface area contributed by atoms with E-state index in [-0.39, 0.29) is 13.1 Å². The predicted octanol–water partition coefficient (Wildman–Crippen LogP) is 7.46. The van der Waals surface area contributed by atoms with Crippen LogP contribution in [0.15, 0.2) is 40.0 Å². The van der Waals surface area contributed by atoms with Crippen LogP contribution in [0.5, 0.6) is 0 Å². The molecule has 0 bridgehead atoms. The minimum atomic E-state index is -0.812. The van der Waals surface area contributed by atoms with Gasteiger partial charge in [-0.15, -0.1) is 0 Å². The van der Waals surface area contributed by atoms with Crippen LogP contribution >= 0.6 is 50.7 Å². The lowest BCUT2D eigenvalue weighted by molar-refractivity contribution is -0.00739. The van der Waals surface area contributed by atoms with E-state index in [0.717, 1.165) is 26.9 Å². The molecule has 1 atom stereocenters. The molecule has 1 fully saturated rings. The quantitative estimate of drug-likeness (QED) is 0.343. The molecule has 2 aromatic rings. The lowest BCUT2D eigenvalue weighted by Crippen LogP contribution is -2.61. The highest BCUT2D eigenvalue weighted by atomic mass is 79.9. The van der Waals surface area contributed by atoms with Gasteiger partial charge in [0.1, 0.15) is 11.0 Å². The van der Waals surface area contributed by atoms with Gasteiger partial charge in [0.15, 0.2) is 5.60 Å². The molecule has 1 amide bonds. The molecule has 0 aromatic heterocycles. The van der Waals surface area contributed by atoms with Gasteiger partial charge in [0.25, 0.3) is 0 Å². The molecule has 35 heavy (non-hydrogen) atoms. The molecule has 0 N–H and O–H groups in total. The number of hydrogen-bond acceptors (Lipinski definition) is 5. The number of nitriles is 1. The highest BCUT2D eigenvalue weighted by Crippen LogP contribution is 2.43. The van der Waals surface area contributed by atoms with E-state index in [1.165, 1.54) is 4.90 Å². The van der Waals surface area contributed by atoms with Crippen molar-refractivity contribution in [2.75, 3.05) is 13.1 Å². The molecule has 6 nitrogen and oxygen atoms in total. The van der Waals surface area contributed by atoms with Crippen molar-refractivity contribution in [3.8, 4) is 6.07 Å². The Morgan fingerprint density at radius 2 is 1.83 bits per heavy atom. The smallest absolute Gasteiger partial charge is 0.410 e. The monoisotopic (exact) mass is 597 g/mol. The zero-order valence-electron chi connectivity index (χ0n) is 19.6. The molecular weight excluding hydrogens is 577 g/mol. The third-order valence-corrected chi connectivity index (χ3v) is 7.91. The normalized spacial score (nSPS) is 21.0. The van der Waals surface area contributed by atoms with Crippen molar-refractivity contribution in [2.45, 2.75) is 50.7 Å². The standard InChI is InChI=1S/C25H23BrCl3N3O3/c1-23(2,3)34-22(33)32-12-25(11-30,13-32)16-6-5-14(7-17(16)26)20-10-24(4,35-31-20)15-8-18(27)21(29)19(28)9-15/h5-9H,10,12-13H2,1-4H3. The number of rotatable bonds is 3. The van der Waals surface area contributed by atoms with Crippen molar-refractivity contribution < 1.29 is 14.4 Å². The van der Waals surface area contributed by atoms with Crippen LogP contribution in [-0.4, -0.2) is 35.4 Å². The summed E-state index contributed by atoms with van der Waals surface area (Å²) in [7, 11) is 0. The van der Waals surface area contributed by atoms with Gasteiger partial charge in [-0.3, -0.25) is 0 Å². The number of hydrogen-bond donors (Lipinski definition) is 0. The summed E-state index contributed by atoms with van der Waals surface area (Å²) in [4.78, 5) is 19.7. The number of amides is 1. The van der Waals surface area contributed by atoms with Crippen LogP contribution in [0, 0.1) is 11.3 Å². The number of likely N-dealkylation sites (tertiary alicyclic amines) is 1. The Morgan fingerprint density at radius 1 is 1.20 bits per heavy atom. The summed E-state index contributed by atoms with van der Waals surface area (Å²) in [5.41, 5.74) is 1.02. The summed E-state index contributed by atoms with van der Waals surface area (Å²) in [6, 6.07) is 11.6. The van der Waals surface area contributed by atoms with Crippen LogP contribution in [0.2, 0.25) is 15.1 Å². The Morgan fingerprint density at radius 3 is 2.37 bits per heavy atom. The van der Waals surface area contributed by atoms with Gasteiger partial charge in [0.05, 0.1) is 26.8 Å². The minimum absolute atomic E-state index is 0.260. The third kappa shape index (κ3) is 4.99. The van der Waals surface area contributed by atoms with E-state index >= 15 is 0 Å². The van der Waals surface area contributed by atoms with Crippen molar-refractivity contribution in [1.29, 1.82) is 5.26 Å². The fraction of sp³-hybridized carbons (Fsp3) is 0.400. The van der Waals surface area contributed by atoms with Gasteiger partial charge in [0.2, 0.25) is 0 Å². The van der Waals surface area contributed by atoms with Crippen molar-refractivity contribution in [2.24, 2.45) is 5.16 Å². The first-order valence-corrected chi connectivity index (χ1v) is 12.8. The molecule has 2 aromatic carbocycles. The molecule has 1 unspecified atom stereocenters. The van der Waals surface area contributed by atoms with E-state index < -0.39 is 22.7 Å².